The van der Waals surface area contributed by atoms with Gasteiger partial charge in [0, 0.05) is 24.7 Å². The zero-order valence-corrected chi connectivity index (χ0v) is 11.6. The van der Waals surface area contributed by atoms with E-state index in [2.05, 4.69) is 0 Å². The number of nitro benzene ring substituents is 1. The Morgan fingerprint density at radius 1 is 1.38 bits per heavy atom. The molecule has 2 atom stereocenters. The van der Waals surface area contributed by atoms with Gasteiger partial charge in [-0.3, -0.25) is 19.7 Å². The third-order valence-corrected chi connectivity index (χ3v) is 3.89. The lowest BCUT2D eigenvalue weighted by molar-refractivity contribution is -0.384. The second kappa shape index (κ2) is 5.90. The Morgan fingerprint density at radius 2 is 2.00 bits per heavy atom. The van der Waals surface area contributed by atoms with E-state index in [-0.39, 0.29) is 24.1 Å². The van der Waals surface area contributed by atoms with Gasteiger partial charge in [0.15, 0.2) is 0 Å². The minimum atomic E-state index is -0.881. The molecule has 1 aromatic carbocycles. The van der Waals surface area contributed by atoms with E-state index in [1.807, 2.05) is 0 Å². The number of carboxylic acids is 1. The van der Waals surface area contributed by atoms with Gasteiger partial charge in [-0.15, -0.1) is 0 Å². The van der Waals surface area contributed by atoms with Gasteiger partial charge in [-0.1, -0.05) is 12.1 Å². The first-order chi connectivity index (χ1) is 9.90. The molecule has 112 valence electrons. The van der Waals surface area contributed by atoms with Gasteiger partial charge in [-0.25, -0.2) is 0 Å². The number of benzene rings is 1. The highest BCUT2D eigenvalue weighted by Crippen LogP contribution is 2.25. The van der Waals surface area contributed by atoms with Crippen LogP contribution in [0.3, 0.4) is 0 Å². The highest BCUT2D eigenvalue weighted by atomic mass is 16.6. The molecule has 1 amide bonds. The van der Waals surface area contributed by atoms with Gasteiger partial charge in [-0.2, -0.15) is 0 Å². The van der Waals surface area contributed by atoms with E-state index >= 15 is 0 Å². The molecule has 1 N–H and O–H groups in total. The Morgan fingerprint density at radius 3 is 2.48 bits per heavy atom. The van der Waals surface area contributed by atoms with Crippen LogP contribution in [0.1, 0.15) is 18.9 Å². The number of carbonyl (C=O) groups is 2. The lowest BCUT2D eigenvalue weighted by atomic mass is 10.0. The summed E-state index contributed by atoms with van der Waals surface area (Å²) < 4.78 is 0. The van der Waals surface area contributed by atoms with Crippen molar-refractivity contribution in [2.24, 2.45) is 5.92 Å². The summed E-state index contributed by atoms with van der Waals surface area (Å²) >= 11 is 0. The average Bonchev–Trinajstić information content (AvgIpc) is 2.81. The SMILES string of the molecule is CC1C(C(=O)O)CCN1C(=O)Cc1ccc([N+](=O)[O-])cc1. The van der Waals surface area contributed by atoms with Crippen molar-refractivity contribution in [1.82, 2.24) is 4.90 Å². The van der Waals surface area contributed by atoms with Crippen molar-refractivity contribution >= 4 is 17.6 Å². The molecule has 1 aromatic rings. The summed E-state index contributed by atoms with van der Waals surface area (Å²) in [6.45, 7) is 2.17. The molecule has 0 spiro atoms. The van der Waals surface area contributed by atoms with Gasteiger partial charge in [-0.05, 0) is 18.9 Å². The van der Waals surface area contributed by atoms with Crippen LogP contribution < -0.4 is 0 Å². The van der Waals surface area contributed by atoms with Crippen molar-refractivity contribution in [3.8, 4) is 0 Å². The van der Waals surface area contributed by atoms with Gasteiger partial charge in [0.1, 0.15) is 0 Å². The number of nitrogens with zero attached hydrogens (tertiary/aromatic N) is 2. The number of carbonyl (C=O) groups excluding carboxylic acids is 1. The van der Waals surface area contributed by atoms with E-state index in [1.54, 1.807) is 24.0 Å². The molecule has 7 heteroatoms. The molecular weight excluding hydrogens is 276 g/mol. The summed E-state index contributed by atoms with van der Waals surface area (Å²) in [4.78, 5) is 34.9. The smallest absolute Gasteiger partial charge is 0.308 e. The van der Waals surface area contributed by atoms with Gasteiger partial charge >= 0.3 is 5.97 Å². The first kappa shape index (κ1) is 15.0. The van der Waals surface area contributed by atoms with Crippen LogP contribution in [0, 0.1) is 16.0 Å². The third kappa shape index (κ3) is 3.18. The second-order valence-corrected chi connectivity index (χ2v) is 5.16. The number of nitro groups is 1. The van der Waals surface area contributed by atoms with E-state index in [0.717, 1.165) is 0 Å². The van der Waals surface area contributed by atoms with Crippen LogP contribution in [0.4, 0.5) is 5.69 Å². The van der Waals surface area contributed by atoms with E-state index < -0.39 is 16.8 Å². The molecule has 2 rings (SSSR count). The number of amides is 1. The van der Waals surface area contributed by atoms with Gasteiger partial charge < -0.3 is 10.0 Å². The van der Waals surface area contributed by atoms with Crippen LogP contribution in [0.15, 0.2) is 24.3 Å². The third-order valence-electron chi connectivity index (χ3n) is 3.89. The van der Waals surface area contributed by atoms with Crippen LogP contribution in [-0.2, 0) is 16.0 Å². The molecule has 7 nitrogen and oxygen atoms in total. The van der Waals surface area contributed by atoms with Crippen LogP contribution in [0.2, 0.25) is 0 Å². The number of carboxylic acid groups (broad SMARTS) is 1. The quantitative estimate of drug-likeness (QED) is 0.668. The fourth-order valence-corrected chi connectivity index (χ4v) is 2.63. The van der Waals surface area contributed by atoms with E-state index in [9.17, 15) is 19.7 Å². The van der Waals surface area contributed by atoms with Crippen LogP contribution in [0.5, 0.6) is 0 Å². The predicted octanol–water partition coefficient (Wildman–Crippen LogP) is 1.46. The normalized spacial score (nSPS) is 21.3. The first-order valence-corrected chi connectivity index (χ1v) is 6.65. The fourth-order valence-electron chi connectivity index (χ4n) is 2.63. The van der Waals surface area contributed by atoms with Crippen molar-refractivity contribution in [2.45, 2.75) is 25.8 Å². The molecule has 1 aliphatic rings. The molecule has 21 heavy (non-hydrogen) atoms. The van der Waals surface area contributed by atoms with E-state index in [0.29, 0.717) is 18.5 Å². The molecule has 0 aliphatic carbocycles. The maximum Gasteiger partial charge on any atom is 0.308 e. The van der Waals surface area contributed by atoms with Gasteiger partial charge in [0.2, 0.25) is 5.91 Å². The van der Waals surface area contributed by atoms with Crippen molar-refractivity contribution in [3.63, 3.8) is 0 Å². The molecule has 1 saturated heterocycles. The lowest BCUT2D eigenvalue weighted by Gasteiger charge is -2.23. The van der Waals surface area contributed by atoms with E-state index in [1.165, 1.54) is 12.1 Å². The summed E-state index contributed by atoms with van der Waals surface area (Å²) in [5.74, 6) is -1.56. The maximum absolute atomic E-state index is 12.2. The number of rotatable bonds is 4. The molecule has 1 aliphatic heterocycles. The fraction of sp³-hybridized carbons (Fsp3) is 0.429. The predicted molar refractivity (Wildman–Crippen MR) is 73.7 cm³/mol. The number of hydrogen-bond acceptors (Lipinski definition) is 4. The number of likely N-dealkylation sites (tertiary alicyclic amines) is 1. The van der Waals surface area contributed by atoms with Crippen molar-refractivity contribution in [1.29, 1.82) is 0 Å². The molecule has 0 saturated carbocycles. The molecule has 0 bridgehead atoms. The Bertz CT molecular complexity index is 569. The van der Waals surface area contributed by atoms with Gasteiger partial charge in [0.25, 0.3) is 5.69 Å². The summed E-state index contributed by atoms with van der Waals surface area (Å²) in [6.07, 6.45) is 0.581. The zero-order chi connectivity index (χ0) is 15.6. The monoisotopic (exact) mass is 292 g/mol. The van der Waals surface area contributed by atoms with E-state index in [4.69, 9.17) is 5.11 Å². The summed E-state index contributed by atoms with van der Waals surface area (Å²) in [5.41, 5.74) is 0.656. The zero-order valence-electron chi connectivity index (χ0n) is 11.6. The summed E-state index contributed by atoms with van der Waals surface area (Å²) in [6, 6.07) is 5.48. The van der Waals surface area contributed by atoms with Gasteiger partial charge in [0.05, 0.1) is 17.3 Å². The molecule has 1 fully saturated rings. The number of hydrogen-bond donors (Lipinski definition) is 1. The second-order valence-electron chi connectivity index (χ2n) is 5.16. The van der Waals surface area contributed by atoms with Crippen molar-refractivity contribution in [2.75, 3.05) is 6.54 Å². The Hall–Kier alpha value is -2.44. The van der Waals surface area contributed by atoms with Crippen LogP contribution in [-0.4, -0.2) is 39.4 Å². The Balaban J connectivity index is 2.02. The molecule has 0 aromatic heterocycles. The topological polar surface area (TPSA) is 101 Å². The Kier molecular flexibility index (Phi) is 4.21. The highest BCUT2D eigenvalue weighted by molar-refractivity contribution is 5.81. The van der Waals surface area contributed by atoms with Crippen LogP contribution in [0.25, 0.3) is 0 Å². The maximum atomic E-state index is 12.2. The largest absolute Gasteiger partial charge is 0.481 e. The number of aliphatic carboxylic acids is 1. The molecular formula is C14H16N2O5. The van der Waals surface area contributed by atoms with Crippen molar-refractivity contribution < 1.29 is 19.6 Å². The highest BCUT2D eigenvalue weighted by Gasteiger charge is 2.37. The molecule has 2 unspecified atom stereocenters. The average molecular weight is 292 g/mol. The lowest BCUT2D eigenvalue weighted by Crippen LogP contribution is -2.38. The first-order valence-electron chi connectivity index (χ1n) is 6.65. The van der Waals surface area contributed by atoms with Crippen LogP contribution >= 0.6 is 0 Å². The summed E-state index contributed by atoms with van der Waals surface area (Å²) in [7, 11) is 0. The van der Waals surface area contributed by atoms with Crippen molar-refractivity contribution in [3.05, 3.63) is 39.9 Å². The Labute approximate surface area is 121 Å². The standard InChI is InChI=1S/C14H16N2O5/c1-9-12(14(18)19)6-7-15(9)13(17)8-10-2-4-11(5-3-10)16(20)21/h2-5,9,12H,6-8H2,1H3,(H,18,19). The minimum absolute atomic E-state index is 0.0216. The molecule has 1 heterocycles. The summed E-state index contributed by atoms with van der Waals surface area (Å²) in [5, 5.41) is 19.6. The molecule has 0 radical (unpaired) electrons. The minimum Gasteiger partial charge on any atom is -0.481 e. The number of non-ortho nitro benzene ring substituents is 1.